The number of thiophene rings is 1. The van der Waals surface area contributed by atoms with E-state index in [1.54, 1.807) is 11.3 Å². The Balaban J connectivity index is 2.28. The van der Waals surface area contributed by atoms with Gasteiger partial charge in [0.25, 0.3) is 0 Å². The van der Waals surface area contributed by atoms with E-state index in [1.165, 1.54) is 7.11 Å². The summed E-state index contributed by atoms with van der Waals surface area (Å²) < 4.78 is 4.59. The maximum absolute atomic E-state index is 11.3. The Morgan fingerprint density at radius 3 is 2.67 bits per heavy atom. The van der Waals surface area contributed by atoms with E-state index in [1.807, 2.05) is 17.7 Å². The summed E-state index contributed by atoms with van der Waals surface area (Å²) in [6.07, 6.45) is 0.706. The third-order valence-electron chi connectivity index (χ3n) is 3.13. The first-order valence-electron chi connectivity index (χ1n) is 4.91. The van der Waals surface area contributed by atoms with Crippen LogP contribution in [-0.4, -0.2) is 24.3 Å². The van der Waals surface area contributed by atoms with Crippen molar-refractivity contribution in [3.05, 3.63) is 21.9 Å². The highest BCUT2D eigenvalue weighted by molar-refractivity contribution is 7.08. The topological polar surface area (TPSA) is 46.5 Å². The highest BCUT2D eigenvalue weighted by Crippen LogP contribution is 2.53. The zero-order chi connectivity index (χ0) is 11.1. The predicted octanol–water partition coefficient (Wildman–Crippen LogP) is 1.62. The van der Waals surface area contributed by atoms with Gasteiger partial charge in [0, 0.05) is 5.41 Å². The molecule has 0 saturated heterocycles. The lowest BCUT2D eigenvalue weighted by Crippen LogP contribution is -2.35. The molecule has 1 saturated carbocycles. The molecule has 1 fully saturated rings. The third kappa shape index (κ3) is 1.58. The summed E-state index contributed by atoms with van der Waals surface area (Å²) >= 11 is 1.61. The van der Waals surface area contributed by atoms with Crippen LogP contribution in [0.3, 0.4) is 0 Å². The maximum atomic E-state index is 11.3. The van der Waals surface area contributed by atoms with Crippen molar-refractivity contribution in [2.45, 2.75) is 31.3 Å². The van der Waals surface area contributed by atoms with Crippen molar-refractivity contribution in [2.75, 3.05) is 7.11 Å². The van der Waals surface area contributed by atoms with E-state index in [0.29, 0.717) is 0 Å². The van der Waals surface area contributed by atoms with Gasteiger partial charge in [0.05, 0.1) is 7.11 Å². The molecule has 1 aliphatic carbocycles. The van der Waals surface area contributed by atoms with E-state index in [9.17, 15) is 9.90 Å². The van der Waals surface area contributed by atoms with Crippen LogP contribution in [-0.2, 0) is 14.9 Å². The van der Waals surface area contributed by atoms with Crippen LogP contribution < -0.4 is 0 Å². The first-order chi connectivity index (χ1) is 7.12. The molecule has 3 nitrogen and oxygen atoms in total. The lowest BCUT2D eigenvalue weighted by atomic mass is 9.90. The number of esters is 1. The number of methoxy groups -OCH3 is 1. The van der Waals surface area contributed by atoms with Gasteiger partial charge in [-0.1, -0.05) is 0 Å². The van der Waals surface area contributed by atoms with Gasteiger partial charge in [0.1, 0.15) is 0 Å². The van der Waals surface area contributed by atoms with E-state index >= 15 is 0 Å². The molecule has 0 radical (unpaired) electrons. The van der Waals surface area contributed by atoms with Crippen LogP contribution in [0.15, 0.2) is 10.8 Å². The van der Waals surface area contributed by atoms with Gasteiger partial charge in [0.2, 0.25) is 0 Å². The molecule has 0 bridgehead atoms. The quantitative estimate of drug-likeness (QED) is 0.797. The lowest BCUT2D eigenvalue weighted by molar-refractivity contribution is -0.152. The standard InChI is InChI=1S/C11H14O3S/c1-7-5-15-6-8(7)11(3-4-11)9(12)10(13)14-2/h5-6,9,12H,3-4H2,1-2H3. The van der Waals surface area contributed by atoms with E-state index in [-0.39, 0.29) is 5.41 Å². The second-order valence-electron chi connectivity index (χ2n) is 4.05. The Morgan fingerprint density at radius 1 is 1.60 bits per heavy atom. The number of hydrogen-bond donors (Lipinski definition) is 1. The van der Waals surface area contributed by atoms with Crippen molar-refractivity contribution in [2.24, 2.45) is 0 Å². The van der Waals surface area contributed by atoms with E-state index in [2.05, 4.69) is 4.74 Å². The third-order valence-corrected chi connectivity index (χ3v) is 3.99. The normalized spacial score (nSPS) is 19.7. The summed E-state index contributed by atoms with van der Waals surface area (Å²) in [5.41, 5.74) is 1.89. The van der Waals surface area contributed by atoms with Crippen LogP contribution in [0.5, 0.6) is 0 Å². The molecule has 1 heterocycles. The molecule has 4 heteroatoms. The zero-order valence-corrected chi connectivity index (χ0v) is 9.63. The Labute approximate surface area is 92.7 Å². The summed E-state index contributed by atoms with van der Waals surface area (Å²) in [5, 5.41) is 14.0. The van der Waals surface area contributed by atoms with Gasteiger partial charge < -0.3 is 9.84 Å². The predicted molar refractivity (Wildman–Crippen MR) is 58.0 cm³/mol. The molecule has 0 aromatic carbocycles. The molecule has 1 aromatic heterocycles. The summed E-state index contributed by atoms with van der Waals surface area (Å²) in [6, 6.07) is 0. The van der Waals surface area contributed by atoms with Gasteiger partial charge in [-0.05, 0) is 41.7 Å². The summed E-state index contributed by atoms with van der Waals surface area (Å²) in [6.45, 7) is 2.01. The van der Waals surface area contributed by atoms with Crippen LogP contribution in [0.25, 0.3) is 0 Å². The fraction of sp³-hybridized carbons (Fsp3) is 0.545. The van der Waals surface area contributed by atoms with Gasteiger partial charge >= 0.3 is 5.97 Å². The molecule has 0 aliphatic heterocycles. The molecule has 1 unspecified atom stereocenters. The minimum Gasteiger partial charge on any atom is -0.467 e. The molecule has 82 valence electrons. The highest BCUT2D eigenvalue weighted by Gasteiger charge is 2.54. The molecular weight excluding hydrogens is 212 g/mol. The fourth-order valence-electron chi connectivity index (χ4n) is 2.03. The first kappa shape index (κ1) is 10.6. The summed E-state index contributed by atoms with van der Waals surface area (Å²) in [4.78, 5) is 11.3. The van der Waals surface area contributed by atoms with Crippen molar-refractivity contribution >= 4 is 17.3 Å². The average molecular weight is 226 g/mol. The molecule has 0 amide bonds. The van der Waals surface area contributed by atoms with Crippen LogP contribution >= 0.6 is 11.3 Å². The van der Waals surface area contributed by atoms with E-state index in [0.717, 1.165) is 24.0 Å². The van der Waals surface area contributed by atoms with Crippen LogP contribution in [0, 0.1) is 6.92 Å². The second-order valence-corrected chi connectivity index (χ2v) is 4.79. The highest BCUT2D eigenvalue weighted by atomic mass is 32.1. The Bertz CT molecular complexity index is 379. The van der Waals surface area contributed by atoms with Crippen LogP contribution in [0.1, 0.15) is 24.0 Å². The molecule has 1 aliphatic rings. The van der Waals surface area contributed by atoms with E-state index < -0.39 is 12.1 Å². The number of ether oxygens (including phenoxy) is 1. The molecule has 0 spiro atoms. The van der Waals surface area contributed by atoms with Crippen LogP contribution in [0.4, 0.5) is 0 Å². The molecule has 2 rings (SSSR count). The number of hydrogen-bond acceptors (Lipinski definition) is 4. The van der Waals surface area contributed by atoms with Gasteiger partial charge in [-0.3, -0.25) is 0 Å². The Hall–Kier alpha value is -0.870. The average Bonchev–Trinajstić information content (AvgIpc) is 2.94. The number of aliphatic hydroxyl groups is 1. The van der Waals surface area contributed by atoms with E-state index in [4.69, 9.17) is 0 Å². The zero-order valence-electron chi connectivity index (χ0n) is 8.82. The summed E-state index contributed by atoms with van der Waals surface area (Å²) in [5.74, 6) is -0.530. The molecular formula is C11H14O3S. The Kier molecular flexibility index (Phi) is 2.56. The number of carbonyl (C=O) groups excluding carboxylic acids is 1. The maximum Gasteiger partial charge on any atom is 0.335 e. The number of rotatable bonds is 3. The van der Waals surface area contributed by atoms with Gasteiger partial charge in [-0.2, -0.15) is 11.3 Å². The number of aryl methyl sites for hydroxylation is 1. The van der Waals surface area contributed by atoms with Gasteiger partial charge in [-0.25, -0.2) is 4.79 Å². The first-order valence-corrected chi connectivity index (χ1v) is 5.85. The van der Waals surface area contributed by atoms with Crippen molar-refractivity contribution in [3.63, 3.8) is 0 Å². The lowest BCUT2D eigenvalue weighted by Gasteiger charge is -2.20. The van der Waals surface area contributed by atoms with Gasteiger partial charge in [0.15, 0.2) is 6.10 Å². The second kappa shape index (κ2) is 3.61. The Morgan fingerprint density at radius 2 is 2.27 bits per heavy atom. The number of aliphatic hydroxyl groups excluding tert-OH is 1. The van der Waals surface area contributed by atoms with Crippen LogP contribution in [0.2, 0.25) is 0 Å². The fourth-order valence-corrected chi connectivity index (χ4v) is 2.99. The van der Waals surface area contributed by atoms with Crippen molar-refractivity contribution in [1.29, 1.82) is 0 Å². The summed E-state index contributed by atoms with van der Waals surface area (Å²) in [7, 11) is 1.31. The molecule has 1 aromatic rings. The number of carbonyl (C=O) groups is 1. The van der Waals surface area contributed by atoms with Crippen molar-refractivity contribution < 1.29 is 14.6 Å². The SMILES string of the molecule is COC(=O)C(O)C1(c2cscc2C)CC1. The largest absolute Gasteiger partial charge is 0.467 e. The minimum atomic E-state index is -1.02. The van der Waals surface area contributed by atoms with Crippen molar-refractivity contribution in [1.82, 2.24) is 0 Å². The molecule has 1 N–H and O–H groups in total. The monoisotopic (exact) mass is 226 g/mol. The smallest absolute Gasteiger partial charge is 0.335 e. The molecule has 15 heavy (non-hydrogen) atoms. The van der Waals surface area contributed by atoms with Gasteiger partial charge in [-0.15, -0.1) is 0 Å². The molecule has 1 atom stereocenters. The van der Waals surface area contributed by atoms with Crippen molar-refractivity contribution in [3.8, 4) is 0 Å². The minimum absolute atomic E-state index is 0.364.